The summed E-state index contributed by atoms with van der Waals surface area (Å²) < 4.78 is 5.79. The lowest BCUT2D eigenvalue weighted by Crippen LogP contribution is -2.16. The van der Waals surface area contributed by atoms with Crippen molar-refractivity contribution in [3.63, 3.8) is 0 Å². The maximum absolute atomic E-state index is 12.6. The van der Waals surface area contributed by atoms with Gasteiger partial charge in [-0.1, -0.05) is 163 Å². The number of unbranched alkanes of at least 4 members (excludes halogenated alkanes) is 15. The molecule has 1 atom stereocenters. The molecule has 50 heavy (non-hydrogen) atoms. The molecule has 0 aromatic carbocycles. The lowest BCUT2D eigenvalue weighted by atomic mass is 10.1. The van der Waals surface area contributed by atoms with Gasteiger partial charge in [-0.25, -0.2) is 0 Å². The van der Waals surface area contributed by atoms with E-state index in [1.54, 1.807) is 0 Å². The van der Waals surface area contributed by atoms with E-state index in [-0.39, 0.29) is 18.5 Å². The van der Waals surface area contributed by atoms with Crippen molar-refractivity contribution in [2.24, 2.45) is 0 Å². The van der Waals surface area contributed by atoms with Crippen LogP contribution in [-0.2, 0) is 14.3 Å². The normalized spacial score (nSPS) is 13.2. The summed E-state index contributed by atoms with van der Waals surface area (Å²) in [6.07, 6.45) is 59.0. The van der Waals surface area contributed by atoms with E-state index in [0.717, 1.165) is 57.8 Å². The van der Waals surface area contributed by atoms with Gasteiger partial charge in [0, 0.05) is 12.8 Å². The Labute approximate surface area is 309 Å². The van der Waals surface area contributed by atoms with E-state index in [4.69, 9.17) is 9.84 Å². The molecule has 0 aromatic rings. The number of carboxylic acids is 1. The molecule has 0 aromatic heterocycles. The van der Waals surface area contributed by atoms with Crippen LogP contribution in [0.25, 0.3) is 0 Å². The quantitative estimate of drug-likeness (QED) is 0.0403. The Hall–Kier alpha value is -2.88. The van der Waals surface area contributed by atoms with E-state index in [0.29, 0.717) is 19.3 Å². The third-order valence-corrected chi connectivity index (χ3v) is 8.59. The number of esters is 1. The molecule has 4 heteroatoms. The Bertz CT molecular complexity index is 965. The molecular formula is C46H76O4. The van der Waals surface area contributed by atoms with Gasteiger partial charge in [-0.3, -0.25) is 9.59 Å². The molecule has 0 radical (unpaired) electrons. The second-order valence-electron chi connectivity index (χ2n) is 13.4. The molecule has 0 aliphatic heterocycles. The molecule has 4 nitrogen and oxygen atoms in total. The van der Waals surface area contributed by atoms with E-state index in [1.165, 1.54) is 89.9 Å². The summed E-state index contributed by atoms with van der Waals surface area (Å²) in [5.74, 6) is -0.921. The summed E-state index contributed by atoms with van der Waals surface area (Å²) in [5, 5.41) is 8.94. The lowest BCUT2D eigenvalue weighted by Gasteiger charge is -2.14. The molecule has 0 saturated carbocycles. The molecule has 0 rings (SSSR count). The highest BCUT2D eigenvalue weighted by molar-refractivity contribution is 5.69. The molecule has 0 bridgehead atoms. The number of hydrogen-bond acceptors (Lipinski definition) is 3. The van der Waals surface area contributed by atoms with E-state index in [2.05, 4.69) is 92.8 Å². The van der Waals surface area contributed by atoms with Crippen molar-refractivity contribution in [1.29, 1.82) is 0 Å². The molecular weight excluding hydrogens is 617 g/mol. The molecule has 0 aliphatic rings. The minimum atomic E-state index is -0.779. The Kier molecular flexibility index (Phi) is 38.2. The predicted octanol–water partition coefficient (Wildman–Crippen LogP) is 14.4. The zero-order chi connectivity index (χ0) is 36.4. The van der Waals surface area contributed by atoms with Gasteiger partial charge in [-0.05, 0) is 96.0 Å². The fourth-order valence-corrected chi connectivity index (χ4v) is 5.57. The van der Waals surface area contributed by atoms with Crippen molar-refractivity contribution in [2.45, 2.75) is 193 Å². The fraction of sp³-hybridized carbons (Fsp3) is 0.652. The van der Waals surface area contributed by atoms with Crippen molar-refractivity contribution in [2.75, 3.05) is 0 Å². The highest BCUT2D eigenvalue weighted by Crippen LogP contribution is 2.14. The van der Waals surface area contributed by atoms with E-state index in [9.17, 15) is 9.59 Å². The van der Waals surface area contributed by atoms with Crippen molar-refractivity contribution < 1.29 is 19.4 Å². The Morgan fingerprint density at radius 2 is 0.900 bits per heavy atom. The Balaban J connectivity index is 4.01. The summed E-state index contributed by atoms with van der Waals surface area (Å²) in [7, 11) is 0. The Morgan fingerprint density at radius 1 is 0.480 bits per heavy atom. The number of carbonyl (C=O) groups excluding carboxylic acids is 1. The number of carbonyl (C=O) groups is 2. The third-order valence-electron chi connectivity index (χ3n) is 8.59. The zero-order valence-electron chi connectivity index (χ0n) is 32.4. The van der Waals surface area contributed by atoms with Gasteiger partial charge < -0.3 is 9.84 Å². The van der Waals surface area contributed by atoms with Crippen LogP contribution >= 0.6 is 0 Å². The molecule has 0 saturated heterocycles. The largest absolute Gasteiger partial charge is 0.481 e. The van der Waals surface area contributed by atoms with Gasteiger partial charge in [-0.15, -0.1) is 0 Å². The highest BCUT2D eigenvalue weighted by atomic mass is 16.5. The first kappa shape index (κ1) is 47.1. The Morgan fingerprint density at radius 3 is 1.40 bits per heavy atom. The topological polar surface area (TPSA) is 63.6 Å². The molecule has 0 heterocycles. The standard InChI is InChI=1S/C46H76O4/c1-3-5-7-9-11-13-15-17-19-20-21-22-23-24-25-27-29-31-33-35-37-43-46(49)50-44(41-38-39-42-45(47)48)40-36-34-32-30-28-26-18-16-14-12-10-8-6-4-2/h6,8,12,14-15,17-18,20-21,26,30,32,36,40,44H,3-5,7,9-11,13,16,19,22-25,27-29,31,33-35,37-39,41-43H2,1-2H3,(H,47,48)/b8-6-,14-12-,17-15-,21-20-,26-18-,32-30-,40-36-. The minimum absolute atomic E-state index is 0.142. The predicted molar refractivity (Wildman–Crippen MR) is 218 cm³/mol. The molecule has 0 spiro atoms. The monoisotopic (exact) mass is 693 g/mol. The van der Waals surface area contributed by atoms with Crippen LogP contribution in [0.3, 0.4) is 0 Å². The smallest absolute Gasteiger partial charge is 0.306 e. The van der Waals surface area contributed by atoms with Gasteiger partial charge in [0.25, 0.3) is 0 Å². The number of aliphatic carboxylic acids is 1. The van der Waals surface area contributed by atoms with Crippen LogP contribution < -0.4 is 0 Å². The van der Waals surface area contributed by atoms with Crippen molar-refractivity contribution in [1.82, 2.24) is 0 Å². The first-order valence-electron chi connectivity index (χ1n) is 20.6. The van der Waals surface area contributed by atoms with E-state index < -0.39 is 5.97 Å². The van der Waals surface area contributed by atoms with Crippen LogP contribution in [0.4, 0.5) is 0 Å². The van der Waals surface area contributed by atoms with Gasteiger partial charge >= 0.3 is 11.9 Å². The molecule has 0 fully saturated rings. The lowest BCUT2D eigenvalue weighted by molar-refractivity contribution is -0.147. The van der Waals surface area contributed by atoms with Crippen LogP contribution in [-0.4, -0.2) is 23.1 Å². The fourth-order valence-electron chi connectivity index (χ4n) is 5.57. The summed E-state index contributed by atoms with van der Waals surface area (Å²) in [6, 6.07) is 0. The summed E-state index contributed by atoms with van der Waals surface area (Å²) in [6.45, 7) is 4.41. The SMILES string of the molecule is CC/C=C\C/C=C\C/C=C\C/C=C\C/C=C\C(CCCCC(=O)O)OC(=O)CCCCCCCCCCC/C=C\C/C=C\CCCCCCC. The van der Waals surface area contributed by atoms with Crippen molar-refractivity contribution >= 4 is 11.9 Å². The maximum atomic E-state index is 12.6. The van der Waals surface area contributed by atoms with Gasteiger partial charge in [0.2, 0.25) is 0 Å². The highest BCUT2D eigenvalue weighted by Gasteiger charge is 2.12. The first-order valence-corrected chi connectivity index (χ1v) is 20.6. The maximum Gasteiger partial charge on any atom is 0.306 e. The van der Waals surface area contributed by atoms with Gasteiger partial charge in [0.1, 0.15) is 6.10 Å². The summed E-state index contributed by atoms with van der Waals surface area (Å²) in [5.41, 5.74) is 0. The van der Waals surface area contributed by atoms with Gasteiger partial charge in [0.15, 0.2) is 0 Å². The van der Waals surface area contributed by atoms with E-state index in [1.807, 2.05) is 6.08 Å². The van der Waals surface area contributed by atoms with Crippen LogP contribution in [0.15, 0.2) is 85.1 Å². The third kappa shape index (κ3) is 39.6. The second kappa shape index (κ2) is 40.5. The minimum Gasteiger partial charge on any atom is -0.481 e. The summed E-state index contributed by atoms with van der Waals surface area (Å²) >= 11 is 0. The molecule has 1 unspecified atom stereocenters. The molecule has 284 valence electrons. The molecule has 0 amide bonds. The van der Waals surface area contributed by atoms with Crippen LogP contribution in [0.5, 0.6) is 0 Å². The van der Waals surface area contributed by atoms with Crippen molar-refractivity contribution in [3.8, 4) is 0 Å². The number of carboxylic acid groups (broad SMARTS) is 1. The van der Waals surface area contributed by atoms with Crippen LogP contribution in [0.1, 0.15) is 187 Å². The number of rotatable bonds is 36. The average Bonchev–Trinajstić information content (AvgIpc) is 3.10. The van der Waals surface area contributed by atoms with Gasteiger partial charge in [0.05, 0.1) is 0 Å². The summed E-state index contributed by atoms with van der Waals surface area (Å²) in [4.78, 5) is 23.4. The zero-order valence-corrected chi connectivity index (χ0v) is 32.4. The second-order valence-corrected chi connectivity index (χ2v) is 13.4. The van der Waals surface area contributed by atoms with Crippen molar-refractivity contribution in [3.05, 3.63) is 85.1 Å². The number of ether oxygens (including phenoxy) is 1. The number of allylic oxidation sites excluding steroid dienone is 13. The molecule has 1 N–H and O–H groups in total. The first-order chi connectivity index (χ1) is 24.6. The number of hydrogen-bond donors (Lipinski definition) is 1. The van der Waals surface area contributed by atoms with Crippen LogP contribution in [0, 0.1) is 0 Å². The van der Waals surface area contributed by atoms with Crippen LogP contribution in [0.2, 0.25) is 0 Å². The van der Waals surface area contributed by atoms with E-state index >= 15 is 0 Å². The average molecular weight is 693 g/mol. The van der Waals surface area contributed by atoms with Gasteiger partial charge in [-0.2, -0.15) is 0 Å². The molecule has 0 aliphatic carbocycles.